The van der Waals surface area contributed by atoms with Crippen molar-refractivity contribution in [3.63, 3.8) is 0 Å². The quantitative estimate of drug-likeness (QED) is 0.386. The summed E-state index contributed by atoms with van der Waals surface area (Å²) >= 11 is 9.89. The number of halogens is 1. The number of thiocarbonyl (C=S) groups is 1. The molecule has 0 unspecified atom stereocenters. The maximum absolute atomic E-state index is 12.4. The van der Waals surface area contributed by atoms with E-state index >= 15 is 0 Å². The van der Waals surface area contributed by atoms with E-state index in [1.54, 1.807) is 35.2 Å². The molecule has 2 amide bonds. The van der Waals surface area contributed by atoms with Crippen LogP contribution in [0.5, 0.6) is 11.5 Å². The van der Waals surface area contributed by atoms with Crippen LogP contribution in [0.3, 0.4) is 0 Å². The summed E-state index contributed by atoms with van der Waals surface area (Å²) in [7, 11) is 0. The number of thioether (sulfide) groups is 1. The molecule has 1 N–H and O–H groups in total. The Labute approximate surface area is 199 Å². The first-order valence-electron chi connectivity index (χ1n) is 9.61. The highest BCUT2D eigenvalue weighted by Crippen LogP contribution is 2.34. The number of anilines is 1. The van der Waals surface area contributed by atoms with Crippen molar-refractivity contribution in [2.24, 2.45) is 0 Å². The fourth-order valence-electron chi connectivity index (χ4n) is 2.80. The molecule has 1 heterocycles. The topological polar surface area (TPSA) is 67.9 Å². The van der Waals surface area contributed by atoms with Gasteiger partial charge in [0.1, 0.15) is 4.32 Å². The van der Waals surface area contributed by atoms with Gasteiger partial charge in [0.15, 0.2) is 18.1 Å². The summed E-state index contributed by atoms with van der Waals surface area (Å²) in [5, 5.41) is 2.78. The predicted molar refractivity (Wildman–Crippen MR) is 131 cm³/mol. The first kappa shape index (κ1) is 23.3. The fraction of sp³-hybridized carbons (Fsp3) is 0.227. The molecule has 0 saturated carbocycles. The van der Waals surface area contributed by atoms with E-state index in [1.165, 1.54) is 11.8 Å². The second-order valence-electron chi connectivity index (χ2n) is 6.41. The van der Waals surface area contributed by atoms with Crippen molar-refractivity contribution < 1.29 is 19.1 Å². The van der Waals surface area contributed by atoms with E-state index in [-0.39, 0.29) is 18.4 Å². The molecule has 9 heteroatoms. The maximum Gasteiger partial charge on any atom is 0.266 e. The Hall–Kier alpha value is -2.36. The lowest BCUT2D eigenvalue weighted by atomic mass is 10.2. The van der Waals surface area contributed by atoms with Gasteiger partial charge in [-0.1, -0.05) is 46.0 Å². The normalized spacial score (nSPS) is 14.8. The molecule has 0 atom stereocenters. The Morgan fingerprint density at radius 3 is 2.55 bits per heavy atom. The van der Waals surface area contributed by atoms with E-state index in [9.17, 15) is 9.59 Å². The second kappa shape index (κ2) is 10.8. The van der Waals surface area contributed by atoms with Gasteiger partial charge in [0, 0.05) is 16.7 Å². The first-order valence-corrected chi connectivity index (χ1v) is 11.6. The van der Waals surface area contributed by atoms with Crippen LogP contribution < -0.4 is 14.8 Å². The molecule has 0 bridgehead atoms. The van der Waals surface area contributed by atoms with Crippen LogP contribution in [0.25, 0.3) is 6.08 Å². The third-order valence-corrected chi connectivity index (χ3v) is 6.15. The van der Waals surface area contributed by atoms with Crippen LogP contribution in [0.2, 0.25) is 0 Å². The Bertz CT molecular complexity index is 1020. The largest absolute Gasteiger partial charge is 0.490 e. The lowest BCUT2D eigenvalue weighted by molar-refractivity contribution is -0.122. The number of ether oxygens (including phenoxy) is 2. The molecule has 3 rings (SSSR count). The number of amides is 2. The number of hydrogen-bond acceptors (Lipinski definition) is 6. The molecule has 1 fully saturated rings. The molecular weight excluding hydrogens is 500 g/mol. The van der Waals surface area contributed by atoms with E-state index in [1.807, 2.05) is 32.0 Å². The van der Waals surface area contributed by atoms with Crippen molar-refractivity contribution in [3.8, 4) is 11.5 Å². The van der Waals surface area contributed by atoms with Crippen LogP contribution in [-0.2, 0) is 9.59 Å². The molecule has 2 aromatic carbocycles. The molecule has 31 heavy (non-hydrogen) atoms. The van der Waals surface area contributed by atoms with Gasteiger partial charge in [-0.05, 0) is 61.9 Å². The van der Waals surface area contributed by atoms with Gasteiger partial charge in [-0.2, -0.15) is 0 Å². The number of carbonyl (C=O) groups is 2. The zero-order valence-electron chi connectivity index (χ0n) is 17.0. The summed E-state index contributed by atoms with van der Waals surface area (Å²) in [6, 6.07) is 12.6. The smallest absolute Gasteiger partial charge is 0.266 e. The van der Waals surface area contributed by atoms with Crippen LogP contribution in [-0.4, -0.2) is 40.8 Å². The number of benzene rings is 2. The molecule has 0 spiro atoms. The van der Waals surface area contributed by atoms with E-state index in [2.05, 4.69) is 21.2 Å². The first-order chi connectivity index (χ1) is 14.9. The standard InChI is InChI=1S/C22H21BrN2O4S2/c1-3-25-21(27)19(31-22(25)30)12-14-5-10-17(18(11-14)28-4-2)29-13-20(26)24-16-8-6-15(23)7-9-16/h5-12H,3-4,13H2,1-2H3,(H,24,26)/b19-12-. The van der Waals surface area contributed by atoms with Crippen LogP contribution in [0.1, 0.15) is 19.4 Å². The number of nitrogens with zero attached hydrogens (tertiary/aromatic N) is 1. The predicted octanol–water partition coefficient (Wildman–Crippen LogP) is 5.09. The number of rotatable bonds is 8. The zero-order chi connectivity index (χ0) is 22.4. The van der Waals surface area contributed by atoms with Gasteiger partial charge in [-0.3, -0.25) is 14.5 Å². The van der Waals surface area contributed by atoms with Gasteiger partial charge in [-0.15, -0.1) is 0 Å². The van der Waals surface area contributed by atoms with Crippen molar-refractivity contribution in [3.05, 3.63) is 57.4 Å². The Morgan fingerprint density at radius 1 is 1.16 bits per heavy atom. The molecule has 1 aliphatic rings. The lowest BCUT2D eigenvalue weighted by Crippen LogP contribution is -2.27. The van der Waals surface area contributed by atoms with Crippen LogP contribution in [0.15, 0.2) is 51.8 Å². The van der Waals surface area contributed by atoms with Gasteiger partial charge in [0.05, 0.1) is 11.5 Å². The van der Waals surface area contributed by atoms with Gasteiger partial charge in [0.2, 0.25) is 0 Å². The molecular formula is C22H21BrN2O4S2. The van der Waals surface area contributed by atoms with Gasteiger partial charge < -0.3 is 14.8 Å². The lowest BCUT2D eigenvalue weighted by Gasteiger charge is -2.13. The fourth-order valence-corrected chi connectivity index (χ4v) is 4.45. The summed E-state index contributed by atoms with van der Waals surface area (Å²) in [5.41, 5.74) is 1.47. The molecule has 0 aromatic heterocycles. The molecule has 162 valence electrons. The van der Waals surface area contributed by atoms with Crippen molar-refractivity contribution in [2.75, 3.05) is 25.1 Å². The van der Waals surface area contributed by atoms with Crippen molar-refractivity contribution in [2.45, 2.75) is 13.8 Å². The summed E-state index contributed by atoms with van der Waals surface area (Å²) in [6.07, 6.45) is 1.78. The van der Waals surface area contributed by atoms with E-state index in [4.69, 9.17) is 21.7 Å². The Morgan fingerprint density at radius 2 is 1.90 bits per heavy atom. The van der Waals surface area contributed by atoms with Gasteiger partial charge >= 0.3 is 0 Å². The van der Waals surface area contributed by atoms with E-state index < -0.39 is 0 Å². The minimum Gasteiger partial charge on any atom is -0.490 e. The SMILES string of the molecule is CCOc1cc(/C=C2\SC(=S)N(CC)C2=O)ccc1OCC(=O)Nc1ccc(Br)cc1. The van der Waals surface area contributed by atoms with Crippen LogP contribution in [0, 0.1) is 0 Å². The number of hydrogen-bond donors (Lipinski definition) is 1. The Balaban J connectivity index is 1.69. The van der Waals surface area contributed by atoms with Crippen LogP contribution >= 0.6 is 39.9 Å². The van der Waals surface area contributed by atoms with Crippen molar-refractivity contribution in [1.29, 1.82) is 0 Å². The molecule has 0 radical (unpaired) electrons. The molecule has 1 saturated heterocycles. The molecule has 2 aromatic rings. The van der Waals surface area contributed by atoms with Gasteiger partial charge in [0.25, 0.3) is 11.8 Å². The van der Waals surface area contributed by atoms with Crippen molar-refractivity contribution in [1.82, 2.24) is 4.90 Å². The van der Waals surface area contributed by atoms with Gasteiger partial charge in [-0.25, -0.2) is 0 Å². The Kier molecular flexibility index (Phi) is 8.11. The second-order valence-corrected chi connectivity index (χ2v) is 9.00. The monoisotopic (exact) mass is 520 g/mol. The summed E-state index contributed by atoms with van der Waals surface area (Å²) in [4.78, 5) is 26.8. The van der Waals surface area contributed by atoms with E-state index in [0.717, 1.165) is 10.0 Å². The number of likely N-dealkylation sites (N-methyl/N-ethyl adjacent to an activating group) is 1. The third-order valence-electron chi connectivity index (χ3n) is 4.24. The number of carbonyl (C=O) groups excluding carboxylic acids is 2. The molecule has 0 aliphatic carbocycles. The number of nitrogens with one attached hydrogen (secondary N) is 1. The molecule has 1 aliphatic heterocycles. The minimum atomic E-state index is -0.280. The summed E-state index contributed by atoms with van der Waals surface area (Å²) in [6.45, 7) is 4.57. The highest BCUT2D eigenvalue weighted by atomic mass is 79.9. The average molecular weight is 521 g/mol. The summed E-state index contributed by atoms with van der Waals surface area (Å²) in [5.74, 6) is 0.571. The van der Waals surface area contributed by atoms with Crippen LogP contribution in [0.4, 0.5) is 5.69 Å². The molecule has 6 nitrogen and oxygen atoms in total. The summed E-state index contributed by atoms with van der Waals surface area (Å²) < 4.78 is 12.8. The zero-order valence-corrected chi connectivity index (χ0v) is 20.2. The maximum atomic E-state index is 12.4. The minimum absolute atomic E-state index is 0.0969. The average Bonchev–Trinajstić information content (AvgIpc) is 3.01. The van der Waals surface area contributed by atoms with E-state index in [0.29, 0.717) is 39.6 Å². The highest BCUT2D eigenvalue weighted by Gasteiger charge is 2.30. The third kappa shape index (κ3) is 6.09. The highest BCUT2D eigenvalue weighted by molar-refractivity contribution is 9.10. The van der Waals surface area contributed by atoms with Crippen molar-refractivity contribution >= 4 is 67.8 Å².